The Balaban J connectivity index is 1.41. The first-order chi connectivity index (χ1) is 14.0. The van der Waals surface area contributed by atoms with Gasteiger partial charge in [-0.15, -0.1) is 0 Å². The third-order valence-electron chi connectivity index (χ3n) is 6.13. The zero-order chi connectivity index (χ0) is 20.4. The van der Waals surface area contributed by atoms with Crippen LogP contribution in [-0.4, -0.2) is 16.9 Å². The predicted molar refractivity (Wildman–Crippen MR) is 110 cm³/mol. The Hall–Kier alpha value is -2.82. The number of aromatic nitrogens is 1. The van der Waals surface area contributed by atoms with Crippen LogP contribution in [0.5, 0.6) is 0 Å². The van der Waals surface area contributed by atoms with Crippen LogP contribution in [0.1, 0.15) is 54.4 Å². The smallest absolute Gasteiger partial charge is 0.254 e. The second-order valence-corrected chi connectivity index (χ2v) is 7.92. The van der Waals surface area contributed by atoms with E-state index in [4.69, 9.17) is 0 Å². The molecule has 1 N–H and O–H groups in total. The highest BCUT2D eigenvalue weighted by Crippen LogP contribution is 2.39. The van der Waals surface area contributed by atoms with E-state index in [9.17, 15) is 13.6 Å². The molecule has 1 aromatic heterocycles. The summed E-state index contributed by atoms with van der Waals surface area (Å²) >= 11 is 0. The maximum atomic E-state index is 13.8. The van der Waals surface area contributed by atoms with Gasteiger partial charge in [0, 0.05) is 17.6 Å². The van der Waals surface area contributed by atoms with Gasteiger partial charge in [0.2, 0.25) is 0 Å². The first-order valence-electron chi connectivity index (χ1n) is 10.1. The van der Waals surface area contributed by atoms with Crippen molar-refractivity contribution in [1.29, 1.82) is 0 Å². The number of nitrogens with one attached hydrogen (secondary N) is 1. The van der Waals surface area contributed by atoms with Crippen molar-refractivity contribution in [3.05, 3.63) is 77.5 Å². The maximum Gasteiger partial charge on any atom is 0.254 e. The summed E-state index contributed by atoms with van der Waals surface area (Å²) in [6, 6.07) is 12.7. The molecule has 1 atom stereocenters. The van der Waals surface area contributed by atoms with Crippen LogP contribution in [0.15, 0.2) is 54.7 Å². The normalized spacial score (nSPS) is 20.4. The molecule has 1 saturated carbocycles. The summed E-state index contributed by atoms with van der Waals surface area (Å²) in [4.78, 5) is 16.7. The van der Waals surface area contributed by atoms with Crippen LogP contribution in [0.3, 0.4) is 0 Å². The summed E-state index contributed by atoms with van der Waals surface area (Å²) in [5.74, 6) is -0.421. The van der Waals surface area contributed by atoms with Gasteiger partial charge < -0.3 is 5.32 Å². The lowest BCUT2D eigenvalue weighted by molar-refractivity contribution is 0.0913. The lowest BCUT2D eigenvalue weighted by atomic mass is 9.75. The highest BCUT2D eigenvalue weighted by molar-refractivity contribution is 5.94. The summed E-state index contributed by atoms with van der Waals surface area (Å²) < 4.78 is 27.6. The Morgan fingerprint density at radius 2 is 1.83 bits per heavy atom. The molecule has 0 saturated heterocycles. The van der Waals surface area contributed by atoms with Gasteiger partial charge in [0.05, 0.1) is 11.1 Å². The van der Waals surface area contributed by atoms with Gasteiger partial charge in [0.25, 0.3) is 5.91 Å². The third kappa shape index (κ3) is 4.14. The van der Waals surface area contributed by atoms with Gasteiger partial charge in [-0.05, 0) is 86.4 Å². The highest BCUT2D eigenvalue weighted by atomic mass is 19.1. The molecular formula is C24H24F2N2O. The molecule has 5 heteroatoms. The van der Waals surface area contributed by atoms with Gasteiger partial charge in [-0.3, -0.25) is 9.78 Å². The number of benzene rings is 2. The van der Waals surface area contributed by atoms with Crippen molar-refractivity contribution in [3.63, 3.8) is 0 Å². The fraction of sp³-hybridized carbons (Fsp3) is 0.333. The van der Waals surface area contributed by atoms with Crippen molar-refractivity contribution in [2.45, 2.75) is 44.6 Å². The number of carbonyl (C=O) groups excluding carboxylic acids is 1. The van der Waals surface area contributed by atoms with E-state index in [1.165, 1.54) is 18.2 Å². The minimum Gasteiger partial charge on any atom is -0.349 e. The molecule has 4 rings (SSSR count). The number of fused-ring (bicyclic) bond motifs is 1. The number of pyridine rings is 1. The summed E-state index contributed by atoms with van der Waals surface area (Å²) in [6.45, 7) is 1.99. The van der Waals surface area contributed by atoms with Crippen molar-refractivity contribution >= 4 is 16.8 Å². The Morgan fingerprint density at radius 1 is 1.07 bits per heavy atom. The molecule has 1 aliphatic carbocycles. The second-order valence-electron chi connectivity index (χ2n) is 7.92. The number of rotatable bonds is 4. The Morgan fingerprint density at radius 3 is 2.59 bits per heavy atom. The molecule has 3 aromatic rings. The molecule has 1 aliphatic rings. The van der Waals surface area contributed by atoms with Crippen LogP contribution in [0.25, 0.3) is 10.9 Å². The van der Waals surface area contributed by atoms with E-state index in [-0.39, 0.29) is 23.3 Å². The van der Waals surface area contributed by atoms with Gasteiger partial charge in [-0.1, -0.05) is 12.1 Å². The largest absolute Gasteiger partial charge is 0.349 e. The van der Waals surface area contributed by atoms with E-state index in [0.29, 0.717) is 11.8 Å². The third-order valence-corrected chi connectivity index (χ3v) is 6.13. The average molecular weight is 394 g/mol. The maximum absolute atomic E-state index is 13.8. The lowest BCUT2D eigenvalue weighted by Gasteiger charge is -2.33. The zero-order valence-corrected chi connectivity index (χ0v) is 16.4. The van der Waals surface area contributed by atoms with Crippen LogP contribution in [-0.2, 0) is 0 Å². The van der Waals surface area contributed by atoms with Crippen LogP contribution in [0.4, 0.5) is 8.78 Å². The summed E-state index contributed by atoms with van der Waals surface area (Å²) in [7, 11) is 0. The Labute approximate surface area is 169 Å². The molecule has 2 aromatic carbocycles. The topological polar surface area (TPSA) is 42.0 Å². The molecule has 0 unspecified atom stereocenters. The number of hydrogen-bond donors (Lipinski definition) is 1. The minimum absolute atomic E-state index is 0.0327. The van der Waals surface area contributed by atoms with E-state index in [1.54, 1.807) is 30.5 Å². The van der Waals surface area contributed by atoms with Crippen LogP contribution in [0, 0.1) is 17.6 Å². The molecule has 150 valence electrons. The molecule has 0 spiro atoms. The van der Waals surface area contributed by atoms with Crippen LogP contribution < -0.4 is 5.32 Å². The first-order valence-corrected chi connectivity index (χ1v) is 10.1. The number of carbonyl (C=O) groups is 1. The van der Waals surface area contributed by atoms with Gasteiger partial charge in [0.1, 0.15) is 11.6 Å². The fourth-order valence-electron chi connectivity index (χ4n) is 4.47. The summed E-state index contributed by atoms with van der Waals surface area (Å²) in [5.41, 5.74) is 2.05. The van der Waals surface area contributed by atoms with E-state index >= 15 is 0 Å². The van der Waals surface area contributed by atoms with Crippen molar-refractivity contribution < 1.29 is 13.6 Å². The van der Waals surface area contributed by atoms with Crippen LogP contribution in [0.2, 0.25) is 0 Å². The average Bonchev–Trinajstić information content (AvgIpc) is 2.73. The van der Waals surface area contributed by atoms with Crippen molar-refractivity contribution in [2.24, 2.45) is 5.92 Å². The van der Waals surface area contributed by atoms with Gasteiger partial charge in [0.15, 0.2) is 0 Å². The standard InChI is InChI=1S/C24H24F2N2O/c1-15(28-24(29)20-4-2-3-5-22(20)26)16-6-8-17(9-7-16)19-12-13-27-23-11-10-18(25)14-21(19)23/h2-5,10-17H,6-9H2,1H3,(H,28,29)/t15-,16?,17?/m1/s1. The highest BCUT2D eigenvalue weighted by Gasteiger charge is 2.28. The monoisotopic (exact) mass is 394 g/mol. The number of amides is 1. The molecule has 0 aliphatic heterocycles. The molecule has 1 fully saturated rings. The van der Waals surface area contributed by atoms with Crippen molar-refractivity contribution in [3.8, 4) is 0 Å². The van der Waals surface area contributed by atoms with E-state index < -0.39 is 5.82 Å². The molecule has 0 radical (unpaired) electrons. The summed E-state index contributed by atoms with van der Waals surface area (Å²) in [6.07, 6.45) is 5.66. The van der Waals surface area contributed by atoms with Gasteiger partial charge in [-0.25, -0.2) is 8.78 Å². The fourth-order valence-corrected chi connectivity index (χ4v) is 4.47. The second kappa shape index (κ2) is 8.27. The van der Waals surface area contributed by atoms with E-state index in [0.717, 1.165) is 42.1 Å². The molecule has 1 amide bonds. The minimum atomic E-state index is -0.502. The first kappa shape index (κ1) is 19.5. The Kier molecular flexibility index (Phi) is 5.56. The lowest BCUT2D eigenvalue weighted by Crippen LogP contribution is -2.39. The SMILES string of the molecule is C[C@@H](NC(=O)c1ccccc1F)C1CCC(c2ccnc3ccc(F)cc23)CC1. The summed E-state index contributed by atoms with van der Waals surface area (Å²) in [5, 5.41) is 3.85. The van der Waals surface area contributed by atoms with E-state index in [2.05, 4.69) is 10.3 Å². The predicted octanol–water partition coefficient (Wildman–Crippen LogP) is 5.61. The van der Waals surface area contributed by atoms with Crippen molar-refractivity contribution in [1.82, 2.24) is 10.3 Å². The zero-order valence-electron chi connectivity index (χ0n) is 16.4. The molecule has 3 nitrogen and oxygen atoms in total. The number of hydrogen-bond acceptors (Lipinski definition) is 2. The number of halogens is 2. The number of nitrogens with zero attached hydrogens (tertiary/aromatic N) is 1. The van der Waals surface area contributed by atoms with Crippen LogP contribution >= 0.6 is 0 Å². The quantitative estimate of drug-likeness (QED) is 0.625. The van der Waals surface area contributed by atoms with E-state index in [1.807, 2.05) is 13.0 Å². The Bertz CT molecular complexity index is 1030. The van der Waals surface area contributed by atoms with Crippen molar-refractivity contribution in [2.75, 3.05) is 0 Å². The molecule has 1 heterocycles. The van der Waals surface area contributed by atoms with Gasteiger partial charge in [-0.2, -0.15) is 0 Å². The molecule has 29 heavy (non-hydrogen) atoms. The van der Waals surface area contributed by atoms with Gasteiger partial charge >= 0.3 is 0 Å². The molecule has 0 bridgehead atoms. The molecular weight excluding hydrogens is 370 g/mol.